The minimum absolute atomic E-state index is 0.839. The normalized spacial score (nSPS) is 10.9. The molecule has 0 spiro atoms. The molecule has 0 bridgehead atoms. The fourth-order valence-corrected chi connectivity index (χ4v) is 1.91. The zero-order valence-electron chi connectivity index (χ0n) is 7.29. The van der Waals surface area contributed by atoms with Crippen LogP contribution >= 0.6 is 11.3 Å². The maximum Gasteiger partial charge on any atom is 0.123 e. The van der Waals surface area contributed by atoms with E-state index in [0.29, 0.717) is 0 Å². The second-order valence-electron chi connectivity index (χ2n) is 2.68. The van der Waals surface area contributed by atoms with Crippen molar-refractivity contribution in [3.05, 3.63) is 41.4 Å². The van der Waals surface area contributed by atoms with Gasteiger partial charge in [0.15, 0.2) is 0 Å². The molecule has 0 atom stereocenters. The molecule has 2 aromatic rings. The highest BCUT2D eigenvalue weighted by molar-refractivity contribution is 7.16. The standard InChI is InChI=1S/C10H8N2OS/c13-12-7-9-6-11-10(14-9)8-4-2-1-3-5-8/h1-7,13H/b12-7+. The SMILES string of the molecule is O/N=C/c1cnc(-c2ccccc2)s1. The Hall–Kier alpha value is -1.68. The van der Waals surface area contributed by atoms with Crippen molar-refractivity contribution in [3.8, 4) is 10.6 Å². The topological polar surface area (TPSA) is 45.5 Å². The molecule has 1 heterocycles. The second kappa shape index (κ2) is 4.02. The summed E-state index contributed by atoms with van der Waals surface area (Å²) in [5, 5.41) is 12.2. The molecule has 0 amide bonds. The van der Waals surface area contributed by atoms with Crippen molar-refractivity contribution in [2.24, 2.45) is 5.16 Å². The van der Waals surface area contributed by atoms with Crippen LogP contribution < -0.4 is 0 Å². The second-order valence-corrected chi connectivity index (χ2v) is 3.74. The van der Waals surface area contributed by atoms with Crippen LogP contribution in [0.4, 0.5) is 0 Å². The number of rotatable bonds is 2. The molecule has 3 nitrogen and oxygen atoms in total. The molecule has 0 aliphatic carbocycles. The first-order valence-electron chi connectivity index (χ1n) is 4.09. The lowest BCUT2D eigenvalue weighted by atomic mass is 10.2. The maximum atomic E-state index is 8.35. The van der Waals surface area contributed by atoms with Crippen LogP contribution in [-0.4, -0.2) is 16.4 Å². The van der Waals surface area contributed by atoms with Crippen molar-refractivity contribution < 1.29 is 5.21 Å². The number of hydrogen-bond donors (Lipinski definition) is 1. The van der Waals surface area contributed by atoms with E-state index in [4.69, 9.17) is 5.21 Å². The number of oxime groups is 1. The zero-order valence-corrected chi connectivity index (χ0v) is 8.11. The third kappa shape index (κ3) is 1.80. The Kier molecular flexibility index (Phi) is 2.55. The highest BCUT2D eigenvalue weighted by Gasteiger charge is 2.01. The molecule has 1 aromatic carbocycles. The average molecular weight is 204 g/mol. The van der Waals surface area contributed by atoms with Gasteiger partial charge in [0.25, 0.3) is 0 Å². The van der Waals surface area contributed by atoms with Gasteiger partial charge < -0.3 is 5.21 Å². The van der Waals surface area contributed by atoms with Crippen molar-refractivity contribution in [2.45, 2.75) is 0 Å². The van der Waals surface area contributed by atoms with Crippen LogP contribution in [-0.2, 0) is 0 Å². The Bertz CT molecular complexity index is 436. The molecule has 0 aliphatic heterocycles. The minimum atomic E-state index is 0.839. The fourth-order valence-electron chi connectivity index (χ4n) is 1.12. The van der Waals surface area contributed by atoms with Gasteiger partial charge in [-0.1, -0.05) is 35.5 Å². The first-order valence-corrected chi connectivity index (χ1v) is 4.90. The first-order chi connectivity index (χ1) is 6.90. The van der Waals surface area contributed by atoms with Gasteiger partial charge in [0.1, 0.15) is 5.01 Å². The quantitative estimate of drug-likeness (QED) is 0.464. The summed E-state index contributed by atoms with van der Waals surface area (Å²) < 4.78 is 0. The minimum Gasteiger partial charge on any atom is -0.411 e. The van der Waals surface area contributed by atoms with Crippen LogP contribution in [0.1, 0.15) is 4.88 Å². The molecule has 0 radical (unpaired) electrons. The summed E-state index contributed by atoms with van der Waals surface area (Å²) in [4.78, 5) is 5.06. The molecule has 2 rings (SSSR count). The van der Waals surface area contributed by atoms with Crippen LogP contribution in [0.2, 0.25) is 0 Å². The number of aromatic nitrogens is 1. The zero-order chi connectivity index (χ0) is 9.80. The van der Waals surface area contributed by atoms with Gasteiger partial charge in [0.2, 0.25) is 0 Å². The Morgan fingerprint density at radius 2 is 2.07 bits per heavy atom. The molecule has 0 saturated carbocycles. The molecule has 0 unspecified atom stereocenters. The van der Waals surface area contributed by atoms with E-state index in [-0.39, 0.29) is 0 Å². The number of nitrogens with zero attached hydrogens (tertiary/aromatic N) is 2. The Morgan fingerprint density at radius 1 is 1.29 bits per heavy atom. The van der Waals surface area contributed by atoms with Crippen molar-refractivity contribution in [1.82, 2.24) is 4.98 Å². The van der Waals surface area contributed by atoms with E-state index in [1.54, 1.807) is 6.20 Å². The molecule has 1 N–H and O–H groups in total. The van der Waals surface area contributed by atoms with Crippen molar-refractivity contribution in [2.75, 3.05) is 0 Å². The average Bonchev–Trinajstić information content (AvgIpc) is 2.68. The fraction of sp³-hybridized carbons (Fsp3) is 0. The summed E-state index contributed by atoms with van der Waals surface area (Å²) in [5.74, 6) is 0. The third-order valence-corrected chi connectivity index (χ3v) is 2.71. The maximum absolute atomic E-state index is 8.35. The van der Waals surface area contributed by atoms with E-state index in [2.05, 4.69) is 10.1 Å². The highest BCUT2D eigenvalue weighted by Crippen LogP contribution is 2.23. The summed E-state index contributed by atoms with van der Waals surface area (Å²) >= 11 is 1.49. The molecule has 0 aliphatic rings. The molecular formula is C10H8N2OS. The van der Waals surface area contributed by atoms with Gasteiger partial charge in [-0.15, -0.1) is 11.3 Å². The van der Waals surface area contributed by atoms with E-state index in [9.17, 15) is 0 Å². The van der Waals surface area contributed by atoms with Crippen LogP contribution in [0, 0.1) is 0 Å². The van der Waals surface area contributed by atoms with E-state index in [0.717, 1.165) is 15.4 Å². The predicted molar refractivity (Wildman–Crippen MR) is 56.9 cm³/mol. The van der Waals surface area contributed by atoms with Gasteiger partial charge in [0.05, 0.1) is 11.1 Å². The van der Waals surface area contributed by atoms with Crippen LogP contribution in [0.25, 0.3) is 10.6 Å². The van der Waals surface area contributed by atoms with Crippen LogP contribution in [0.5, 0.6) is 0 Å². The van der Waals surface area contributed by atoms with Gasteiger partial charge in [0, 0.05) is 11.8 Å². The molecule has 0 saturated heterocycles. The summed E-state index contributed by atoms with van der Waals surface area (Å²) in [5.41, 5.74) is 1.08. The van der Waals surface area contributed by atoms with Crippen LogP contribution in [0.15, 0.2) is 41.7 Å². The van der Waals surface area contributed by atoms with E-state index in [1.807, 2.05) is 30.3 Å². The summed E-state index contributed by atoms with van der Waals surface area (Å²) in [6.07, 6.45) is 3.07. The van der Waals surface area contributed by atoms with Crippen molar-refractivity contribution in [1.29, 1.82) is 0 Å². The summed E-state index contributed by atoms with van der Waals surface area (Å²) in [6.45, 7) is 0. The van der Waals surface area contributed by atoms with E-state index >= 15 is 0 Å². The number of thiazole rings is 1. The molecule has 0 fully saturated rings. The monoisotopic (exact) mass is 204 g/mol. The Morgan fingerprint density at radius 3 is 2.79 bits per heavy atom. The lowest BCUT2D eigenvalue weighted by molar-refractivity contribution is 0.322. The van der Waals surface area contributed by atoms with E-state index in [1.165, 1.54) is 17.6 Å². The molecule has 70 valence electrons. The van der Waals surface area contributed by atoms with Gasteiger partial charge in [-0.2, -0.15) is 0 Å². The number of hydrogen-bond acceptors (Lipinski definition) is 4. The van der Waals surface area contributed by atoms with Gasteiger partial charge in [-0.05, 0) is 0 Å². The Labute approximate surface area is 85.4 Å². The van der Waals surface area contributed by atoms with Gasteiger partial charge in [-0.25, -0.2) is 4.98 Å². The smallest absolute Gasteiger partial charge is 0.123 e. The summed E-state index contributed by atoms with van der Waals surface area (Å²) in [6, 6.07) is 9.90. The Balaban J connectivity index is 2.34. The predicted octanol–water partition coefficient (Wildman–Crippen LogP) is 2.62. The van der Waals surface area contributed by atoms with Gasteiger partial charge >= 0.3 is 0 Å². The summed E-state index contributed by atoms with van der Waals surface area (Å²) in [7, 11) is 0. The highest BCUT2D eigenvalue weighted by atomic mass is 32.1. The van der Waals surface area contributed by atoms with E-state index < -0.39 is 0 Å². The third-order valence-electron chi connectivity index (χ3n) is 1.73. The van der Waals surface area contributed by atoms with Crippen LogP contribution in [0.3, 0.4) is 0 Å². The lowest BCUT2D eigenvalue weighted by Crippen LogP contribution is -1.71. The molecule has 14 heavy (non-hydrogen) atoms. The largest absolute Gasteiger partial charge is 0.411 e. The molecule has 1 aromatic heterocycles. The van der Waals surface area contributed by atoms with Gasteiger partial charge in [-0.3, -0.25) is 0 Å². The van der Waals surface area contributed by atoms with Crippen molar-refractivity contribution in [3.63, 3.8) is 0 Å². The molecule has 4 heteroatoms. The van der Waals surface area contributed by atoms with Crippen molar-refractivity contribution >= 4 is 17.6 Å². The first kappa shape index (κ1) is 8.90. The number of benzene rings is 1. The molecular weight excluding hydrogens is 196 g/mol. The lowest BCUT2D eigenvalue weighted by Gasteiger charge is -1.92.